The number of carbonyl (C=O) groups is 1. The Hall–Kier alpha value is -2.52. The van der Waals surface area contributed by atoms with Crippen molar-refractivity contribution >= 4 is 12.0 Å². The average Bonchev–Trinajstić information content (AvgIpc) is 2.53. The fourth-order valence-electron chi connectivity index (χ4n) is 1.76. The van der Waals surface area contributed by atoms with Crippen LogP contribution in [0.1, 0.15) is 19.4 Å². The van der Waals surface area contributed by atoms with Gasteiger partial charge in [-0.1, -0.05) is 12.1 Å². The molecule has 0 amide bonds. The van der Waals surface area contributed by atoms with Gasteiger partial charge in [-0.15, -0.1) is 0 Å². The lowest BCUT2D eigenvalue weighted by Gasteiger charge is -2.16. The summed E-state index contributed by atoms with van der Waals surface area (Å²) in [7, 11) is 3.03. The van der Waals surface area contributed by atoms with Crippen molar-refractivity contribution in [3.63, 3.8) is 0 Å². The van der Waals surface area contributed by atoms with Crippen molar-refractivity contribution in [3.8, 4) is 17.6 Å². The van der Waals surface area contributed by atoms with E-state index in [4.69, 9.17) is 18.9 Å². The molecule has 0 radical (unpaired) electrons. The number of rotatable bonds is 8. The van der Waals surface area contributed by atoms with Crippen LogP contribution in [0.3, 0.4) is 0 Å². The number of benzene rings is 1. The molecule has 0 aromatic heterocycles. The van der Waals surface area contributed by atoms with Crippen molar-refractivity contribution in [3.05, 3.63) is 29.3 Å². The van der Waals surface area contributed by atoms with Gasteiger partial charge in [0.2, 0.25) is 0 Å². The summed E-state index contributed by atoms with van der Waals surface area (Å²) in [6.45, 7) is 4.11. The van der Waals surface area contributed by atoms with Crippen LogP contribution in [0.5, 0.6) is 11.5 Å². The highest BCUT2D eigenvalue weighted by atomic mass is 16.6. The predicted molar refractivity (Wildman–Crippen MR) is 85.2 cm³/mol. The summed E-state index contributed by atoms with van der Waals surface area (Å²) in [5, 5.41) is 9.19. The van der Waals surface area contributed by atoms with Gasteiger partial charge in [-0.25, -0.2) is 4.79 Å². The molecule has 6 nitrogen and oxygen atoms in total. The fourth-order valence-corrected chi connectivity index (χ4v) is 1.76. The maximum atomic E-state index is 11.9. The lowest BCUT2D eigenvalue weighted by Crippen LogP contribution is -2.11. The summed E-state index contributed by atoms with van der Waals surface area (Å²) in [5.41, 5.74) is 0.446. The monoisotopic (exact) mass is 319 g/mol. The third-order valence-electron chi connectivity index (χ3n) is 2.74. The Balaban J connectivity index is 3.12. The van der Waals surface area contributed by atoms with E-state index < -0.39 is 5.97 Å². The first kappa shape index (κ1) is 18.5. The van der Waals surface area contributed by atoms with Gasteiger partial charge < -0.3 is 18.9 Å². The van der Waals surface area contributed by atoms with E-state index >= 15 is 0 Å². The molecule has 0 heterocycles. The van der Waals surface area contributed by atoms with Crippen LogP contribution in [0.25, 0.3) is 6.08 Å². The second-order valence-electron chi connectivity index (χ2n) is 4.84. The van der Waals surface area contributed by atoms with E-state index in [1.54, 1.807) is 18.2 Å². The summed E-state index contributed by atoms with van der Waals surface area (Å²) in [6.07, 6.45) is 1.34. The van der Waals surface area contributed by atoms with Crippen molar-refractivity contribution in [2.75, 3.05) is 27.4 Å². The maximum absolute atomic E-state index is 11.9. The Morgan fingerprint density at radius 1 is 1.30 bits per heavy atom. The minimum atomic E-state index is -0.706. The van der Waals surface area contributed by atoms with Crippen LogP contribution in [0.4, 0.5) is 0 Å². The van der Waals surface area contributed by atoms with Gasteiger partial charge in [0.1, 0.15) is 18.2 Å². The van der Waals surface area contributed by atoms with Crippen LogP contribution in [0.2, 0.25) is 0 Å². The molecule has 1 rings (SSSR count). The van der Waals surface area contributed by atoms with Crippen LogP contribution < -0.4 is 9.47 Å². The lowest BCUT2D eigenvalue weighted by atomic mass is 10.1. The molecule has 0 aliphatic heterocycles. The summed E-state index contributed by atoms with van der Waals surface area (Å²) < 4.78 is 20.8. The average molecular weight is 319 g/mol. The van der Waals surface area contributed by atoms with Gasteiger partial charge in [0, 0.05) is 12.7 Å². The third kappa shape index (κ3) is 5.64. The van der Waals surface area contributed by atoms with Gasteiger partial charge in [0.25, 0.3) is 0 Å². The second-order valence-corrected chi connectivity index (χ2v) is 4.84. The zero-order valence-electron chi connectivity index (χ0n) is 13.8. The van der Waals surface area contributed by atoms with Crippen LogP contribution in [0.15, 0.2) is 23.8 Å². The Bertz CT molecular complexity index is 601. The molecule has 0 unspecified atom stereocenters. The first-order valence-electron chi connectivity index (χ1n) is 7.15. The van der Waals surface area contributed by atoms with Gasteiger partial charge >= 0.3 is 5.97 Å². The van der Waals surface area contributed by atoms with Gasteiger partial charge in [-0.3, -0.25) is 0 Å². The Morgan fingerprint density at radius 2 is 2.04 bits per heavy atom. The zero-order chi connectivity index (χ0) is 17.2. The molecule has 0 fully saturated rings. The largest absolute Gasteiger partial charge is 0.493 e. The van der Waals surface area contributed by atoms with Gasteiger partial charge in [0.15, 0.2) is 11.5 Å². The normalized spacial score (nSPS) is 11.0. The molecule has 1 aromatic rings. The molecule has 0 N–H and O–H groups in total. The standard InChI is InChI=1S/C17H21NO5/c1-12(2)23-16-13(6-5-7-15(16)21-4)10-14(11-18)17(19)22-9-8-20-3/h5-7,10,12H,8-9H2,1-4H3/b14-10+. The minimum Gasteiger partial charge on any atom is -0.493 e. The lowest BCUT2D eigenvalue weighted by molar-refractivity contribution is -0.139. The van der Waals surface area contributed by atoms with Crippen molar-refractivity contribution in [2.24, 2.45) is 0 Å². The highest BCUT2D eigenvalue weighted by molar-refractivity contribution is 5.98. The summed E-state index contributed by atoms with van der Waals surface area (Å²) >= 11 is 0. The van der Waals surface area contributed by atoms with Crippen LogP contribution in [-0.2, 0) is 14.3 Å². The van der Waals surface area contributed by atoms with E-state index in [1.807, 2.05) is 19.9 Å². The Kier molecular flexibility index (Phi) is 7.64. The molecule has 0 aliphatic carbocycles. The number of methoxy groups -OCH3 is 2. The van der Waals surface area contributed by atoms with E-state index in [-0.39, 0.29) is 24.9 Å². The quantitative estimate of drug-likeness (QED) is 0.317. The summed E-state index contributed by atoms with van der Waals surface area (Å²) in [6, 6.07) is 7.08. The van der Waals surface area contributed by atoms with Crippen molar-refractivity contribution in [1.82, 2.24) is 0 Å². The number of nitriles is 1. The highest BCUT2D eigenvalue weighted by Gasteiger charge is 2.15. The number of para-hydroxylation sites is 1. The fraction of sp³-hybridized carbons (Fsp3) is 0.412. The molecule has 6 heteroatoms. The van der Waals surface area contributed by atoms with Gasteiger partial charge in [-0.05, 0) is 26.0 Å². The van der Waals surface area contributed by atoms with Crippen molar-refractivity contribution < 1.29 is 23.7 Å². The van der Waals surface area contributed by atoms with Crippen LogP contribution in [-0.4, -0.2) is 39.5 Å². The topological polar surface area (TPSA) is 77.8 Å². The molecule has 0 spiro atoms. The molecule has 0 bridgehead atoms. The number of nitrogens with zero attached hydrogens (tertiary/aromatic N) is 1. The highest BCUT2D eigenvalue weighted by Crippen LogP contribution is 2.33. The summed E-state index contributed by atoms with van der Waals surface area (Å²) in [4.78, 5) is 11.9. The smallest absolute Gasteiger partial charge is 0.348 e. The molecule has 23 heavy (non-hydrogen) atoms. The van der Waals surface area contributed by atoms with E-state index in [0.717, 1.165) is 0 Å². The van der Waals surface area contributed by atoms with E-state index in [0.29, 0.717) is 17.1 Å². The van der Waals surface area contributed by atoms with Crippen LogP contribution in [0, 0.1) is 11.3 Å². The number of esters is 1. The predicted octanol–water partition coefficient (Wildman–Crippen LogP) is 2.58. The van der Waals surface area contributed by atoms with E-state index in [2.05, 4.69) is 0 Å². The molecule has 0 saturated carbocycles. The summed E-state index contributed by atoms with van der Waals surface area (Å²) in [5.74, 6) is 0.294. The molecular weight excluding hydrogens is 298 g/mol. The molecule has 0 saturated heterocycles. The molecule has 1 aromatic carbocycles. The van der Waals surface area contributed by atoms with Crippen molar-refractivity contribution in [2.45, 2.75) is 20.0 Å². The second kappa shape index (κ2) is 9.49. The van der Waals surface area contributed by atoms with Crippen molar-refractivity contribution in [1.29, 1.82) is 5.26 Å². The third-order valence-corrected chi connectivity index (χ3v) is 2.74. The van der Waals surface area contributed by atoms with Gasteiger partial charge in [0.05, 0.1) is 19.8 Å². The Morgan fingerprint density at radius 3 is 2.61 bits per heavy atom. The number of hydrogen-bond acceptors (Lipinski definition) is 6. The van der Waals surface area contributed by atoms with Gasteiger partial charge in [-0.2, -0.15) is 5.26 Å². The maximum Gasteiger partial charge on any atom is 0.348 e. The molecule has 124 valence electrons. The number of ether oxygens (including phenoxy) is 4. The zero-order valence-corrected chi connectivity index (χ0v) is 13.8. The molecule has 0 atom stereocenters. The first-order chi connectivity index (χ1) is 11.0. The molecule has 0 aliphatic rings. The first-order valence-corrected chi connectivity index (χ1v) is 7.15. The minimum absolute atomic E-state index is 0.0851. The van der Waals surface area contributed by atoms with E-state index in [1.165, 1.54) is 20.3 Å². The van der Waals surface area contributed by atoms with Crippen LogP contribution >= 0.6 is 0 Å². The van der Waals surface area contributed by atoms with E-state index in [9.17, 15) is 10.1 Å². The Labute approximate surface area is 136 Å². The number of carbonyl (C=O) groups excluding carboxylic acids is 1. The number of hydrogen-bond donors (Lipinski definition) is 0. The SMILES string of the molecule is COCCOC(=O)/C(C#N)=C/c1cccc(OC)c1OC(C)C. The molecular formula is C17H21NO5.